The zero-order valence-electron chi connectivity index (χ0n) is 2.91. The van der Waals surface area contributed by atoms with Gasteiger partial charge in [0.25, 0.3) is 0 Å². The maximum absolute atomic E-state index is 4.71. The summed E-state index contributed by atoms with van der Waals surface area (Å²) < 4.78 is 4.71. The molecule has 0 aromatic heterocycles. The van der Waals surface area contributed by atoms with Crippen LogP contribution in [0.5, 0.6) is 0 Å². The summed E-state index contributed by atoms with van der Waals surface area (Å²) in [6, 6.07) is 0. The zero-order valence-corrected chi connectivity index (χ0v) is 2.91. The minimum atomic E-state index is 1.17. The Bertz CT molecular complexity index is 101. The summed E-state index contributed by atoms with van der Waals surface area (Å²) >= 11 is 0. The van der Waals surface area contributed by atoms with Crippen molar-refractivity contribution < 1.29 is 4.74 Å². The molecule has 0 N–H and O–H groups in total. The highest BCUT2D eigenvalue weighted by Crippen LogP contribution is 2.58. The number of allylic oxidation sites excluding steroid dienone is 2. The van der Waals surface area contributed by atoms with Crippen LogP contribution in [0, 0.1) is 5.92 Å². The largest absolute Gasteiger partial charge is 0.457 e. The van der Waals surface area contributed by atoms with Gasteiger partial charge in [0.2, 0.25) is 0 Å². The first-order valence-electron chi connectivity index (χ1n) is 1.66. The van der Waals surface area contributed by atoms with Crippen molar-refractivity contribution in [3.05, 3.63) is 17.4 Å². The van der Waals surface area contributed by atoms with Gasteiger partial charge >= 0.3 is 0 Å². The predicted molar refractivity (Wildman–Crippen MR) is 17.0 cm³/mol. The third-order valence-electron chi connectivity index (χ3n) is 0.987. The maximum atomic E-state index is 4.71. The van der Waals surface area contributed by atoms with Gasteiger partial charge in [-0.15, -0.1) is 0 Å². The molecule has 0 saturated heterocycles. The Kier molecular flexibility index (Phi) is 0.0930. The SMILES string of the molecule is C[C]1C2=C1O2. The molecule has 1 heterocycles. The lowest BCUT2D eigenvalue weighted by Gasteiger charge is -1.89. The second-order valence-corrected chi connectivity index (χ2v) is 1.39. The van der Waals surface area contributed by atoms with E-state index in [1.807, 2.05) is 0 Å². The molecule has 1 aliphatic carbocycles. The average molecular weight is 67.1 g/mol. The standard InChI is InChI=1S/C4H3O/c1-2-3-4(2)5-3/h1H3. The van der Waals surface area contributed by atoms with Crippen LogP contribution in [0.4, 0.5) is 0 Å². The van der Waals surface area contributed by atoms with Crippen molar-refractivity contribution in [2.24, 2.45) is 0 Å². The number of hydrogen-bond acceptors (Lipinski definition) is 1. The molecule has 5 heavy (non-hydrogen) atoms. The van der Waals surface area contributed by atoms with E-state index in [0.717, 1.165) is 0 Å². The van der Waals surface area contributed by atoms with Gasteiger partial charge < -0.3 is 4.74 Å². The second-order valence-electron chi connectivity index (χ2n) is 1.39. The van der Waals surface area contributed by atoms with Gasteiger partial charge in [0.05, 0.1) is 0 Å². The van der Waals surface area contributed by atoms with Crippen LogP contribution in [0.15, 0.2) is 11.5 Å². The number of hydrogen-bond donors (Lipinski definition) is 0. The Morgan fingerprint density at radius 2 is 1.80 bits per heavy atom. The molecule has 0 bridgehead atoms. The van der Waals surface area contributed by atoms with Crippen LogP contribution in [0.3, 0.4) is 0 Å². The van der Waals surface area contributed by atoms with E-state index in [9.17, 15) is 0 Å². The lowest BCUT2D eigenvalue weighted by atomic mass is 10.4. The van der Waals surface area contributed by atoms with E-state index in [4.69, 9.17) is 4.74 Å². The third kappa shape index (κ3) is 0.0630. The molecule has 1 heteroatoms. The Labute approximate surface area is 30.2 Å². The van der Waals surface area contributed by atoms with Crippen molar-refractivity contribution in [1.82, 2.24) is 0 Å². The van der Waals surface area contributed by atoms with Crippen LogP contribution in [0.25, 0.3) is 0 Å². The fourth-order valence-corrected chi connectivity index (χ4v) is 0.420. The minimum Gasteiger partial charge on any atom is -0.457 e. The topological polar surface area (TPSA) is 12.5 Å². The van der Waals surface area contributed by atoms with E-state index < -0.39 is 0 Å². The summed E-state index contributed by atoms with van der Waals surface area (Å²) in [5.74, 6) is 3.72. The summed E-state index contributed by atoms with van der Waals surface area (Å²) in [7, 11) is 0. The molecule has 0 amide bonds. The fourth-order valence-electron chi connectivity index (χ4n) is 0.420. The molecule has 0 fully saturated rings. The van der Waals surface area contributed by atoms with Gasteiger partial charge in [0.1, 0.15) is 5.92 Å². The molecule has 0 unspecified atom stereocenters. The Hall–Kier alpha value is -0.460. The molecule has 1 nitrogen and oxygen atoms in total. The van der Waals surface area contributed by atoms with Crippen LogP contribution in [0.1, 0.15) is 6.92 Å². The summed E-state index contributed by atoms with van der Waals surface area (Å²) in [6.45, 7) is 2.06. The Morgan fingerprint density at radius 3 is 1.80 bits per heavy atom. The van der Waals surface area contributed by atoms with Crippen LogP contribution < -0.4 is 0 Å². The molecule has 25 valence electrons. The normalized spacial score (nSPS) is 29.0. The molecule has 0 saturated carbocycles. The van der Waals surface area contributed by atoms with Crippen LogP contribution in [-0.2, 0) is 4.74 Å². The number of ether oxygens (including phenoxy) is 1. The maximum Gasteiger partial charge on any atom is 0.158 e. The smallest absolute Gasteiger partial charge is 0.158 e. The molecular formula is C4H3O. The molecule has 0 aromatic rings. The van der Waals surface area contributed by atoms with E-state index >= 15 is 0 Å². The number of rotatable bonds is 0. The highest BCUT2D eigenvalue weighted by Gasteiger charge is 2.53. The first kappa shape index (κ1) is 1.85. The molecule has 2 aliphatic rings. The average Bonchev–Trinajstić information content (AvgIpc) is 2.11. The second kappa shape index (κ2) is 0.251. The fraction of sp³-hybridized carbons (Fsp3) is 0.250. The molecule has 1 aliphatic heterocycles. The van der Waals surface area contributed by atoms with E-state index in [1.165, 1.54) is 17.4 Å². The Balaban J connectivity index is 2.32. The van der Waals surface area contributed by atoms with Crippen molar-refractivity contribution in [2.75, 3.05) is 0 Å². The Morgan fingerprint density at radius 1 is 1.40 bits per heavy atom. The lowest BCUT2D eigenvalue weighted by molar-refractivity contribution is 0.410. The molecule has 1 radical (unpaired) electrons. The highest BCUT2D eigenvalue weighted by molar-refractivity contribution is 5.63. The van der Waals surface area contributed by atoms with Crippen molar-refractivity contribution >= 4 is 0 Å². The van der Waals surface area contributed by atoms with Crippen LogP contribution in [-0.4, -0.2) is 0 Å². The van der Waals surface area contributed by atoms with Gasteiger partial charge in [-0.05, 0) is 6.92 Å². The third-order valence-corrected chi connectivity index (χ3v) is 0.987. The summed E-state index contributed by atoms with van der Waals surface area (Å²) in [5.41, 5.74) is 0. The van der Waals surface area contributed by atoms with E-state index in [2.05, 4.69) is 6.92 Å². The van der Waals surface area contributed by atoms with Gasteiger partial charge in [0.15, 0.2) is 11.5 Å². The lowest BCUT2D eigenvalue weighted by Crippen LogP contribution is -1.78. The van der Waals surface area contributed by atoms with Gasteiger partial charge in [-0.3, -0.25) is 0 Å². The van der Waals surface area contributed by atoms with Gasteiger partial charge in [-0.2, -0.15) is 0 Å². The zero-order chi connectivity index (χ0) is 3.44. The molecule has 0 spiro atoms. The van der Waals surface area contributed by atoms with Gasteiger partial charge in [-0.25, -0.2) is 0 Å². The van der Waals surface area contributed by atoms with E-state index in [-0.39, 0.29) is 0 Å². The summed E-state index contributed by atoms with van der Waals surface area (Å²) in [5, 5.41) is 0. The predicted octanol–water partition coefficient (Wildman–Crippen LogP) is 0.836. The van der Waals surface area contributed by atoms with Crippen molar-refractivity contribution in [3.63, 3.8) is 0 Å². The first-order valence-corrected chi connectivity index (χ1v) is 1.66. The molecule has 2 rings (SSSR count). The molecule has 0 atom stereocenters. The van der Waals surface area contributed by atoms with Gasteiger partial charge in [0, 0.05) is 0 Å². The van der Waals surface area contributed by atoms with Gasteiger partial charge in [-0.1, -0.05) is 0 Å². The van der Waals surface area contributed by atoms with Crippen molar-refractivity contribution in [2.45, 2.75) is 6.92 Å². The minimum absolute atomic E-state index is 1.17. The van der Waals surface area contributed by atoms with E-state index in [0.29, 0.717) is 0 Å². The van der Waals surface area contributed by atoms with Crippen LogP contribution >= 0.6 is 0 Å². The molecular weight excluding hydrogens is 64.0 g/mol. The van der Waals surface area contributed by atoms with E-state index in [1.54, 1.807) is 0 Å². The summed E-state index contributed by atoms with van der Waals surface area (Å²) in [4.78, 5) is 0. The van der Waals surface area contributed by atoms with Crippen LogP contribution in [0.2, 0.25) is 0 Å². The highest BCUT2D eigenvalue weighted by atomic mass is 16.6. The first-order chi connectivity index (χ1) is 2.39. The summed E-state index contributed by atoms with van der Waals surface area (Å²) in [6.07, 6.45) is 0. The molecule has 0 aromatic carbocycles. The monoisotopic (exact) mass is 67.0 g/mol. The van der Waals surface area contributed by atoms with Crippen molar-refractivity contribution in [3.8, 4) is 0 Å². The van der Waals surface area contributed by atoms with Crippen molar-refractivity contribution in [1.29, 1.82) is 0 Å². The quantitative estimate of drug-likeness (QED) is 0.409.